The number of thiazole rings is 1. The fourth-order valence-electron chi connectivity index (χ4n) is 1.15. The van der Waals surface area contributed by atoms with Crippen molar-refractivity contribution >= 4 is 41.5 Å². The third-order valence-electron chi connectivity index (χ3n) is 1.91. The highest BCUT2D eigenvalue weighted by atomic mass is 35.5. The normalized spacial score (nSPS) is 11.2. The molecule has 0 saturated carbocycles. The number of esters is 1. The van der Waals surface area contributed by atoms with Crippen LogP contribution in [-0.2, 0) is 4.74 Å². The van der Waals surface area contributed by atoms with E-state index in [1.165, 1.54) is 12.1 Å². The van der Waals surface area contributed by atoms with Crippen molar-refractivity contribution in [3.05, 3.63) is 15.0 Å². The largest absolute Gasteiger partial charge is 0.465 e. The Balaban J connectivity index is 3.29. The smallest absolute Gasteiger partial charge is 0.350 e. The lowest BCUT2D eigenvalue weighted by molar-refractivity contribution is 0.0605. The van der Waals surface area contributed by atoms with E-state index in [4.69, 9.17) is 11.6 Å². The summed E-state index contributed by atoms with van der Waals surface area (Å²) >= 11 is 6.82. The van der Waals surface area contributed by atoms with E-state index in [9.17, 15) is 4.79 Å². The van der Waals surface area contributed by atoms with Crippen molar-refractivity contribution in [2.75, 3.05) is 21.2 Å². The third-order valence-corrected chi connectivity index (χ3v) is 3.05. The standard InChI is InChI=1S/C9H11ClN4O2S/c1-11-7(14(3)12-2)5-6(8(15)16-4)17-9(10)13-5/h2H2,1,3-4H3. The van der Waals surface area contributed by atoms with Gasteiger partial charge in [0.15, 0.2) is 10.3 Å². The zero-order chi connectivity index (χ0) is 13.0. The number of carbonyl (C=O) groups excluding carboxylic acids is 1. The van der Waals surface area contributed by atoms with Crippen LogP contribution in [0, 0.1) is 0 Å². The SMILES string of the molecule is C=NN(C)C(=NC)c1nc(Cl)sc1C(=O)OC. The van der Waals surface area contributed by atoms with Crippen LogP contribution in [0.1, 0.15) is 15.4 Å². The number of halogens is 1. The van der Waals surface area contributed by atoms with Gasteiger partial charge in [0.25, 0.3) is 0 Å². The summed E-state index contributed by atoms with van der Waals surface area (Å²) in [5, 5.41) is 5.09. The lowest BCUT2D eigenvalue weighted by Crippen LogP contribution is -2.24. The van der Waals surface area contributed by atoms with E-state index in [1.807, 2.05) is 0 Å². The van der Waals surface area contributed by atoms with Gasteiger partial charge in [-0.3, -0.25) is 10.0 Å². The molecule has 1 aromatic heterocycles. The molecule has 17 heavy (non-hydrogen) atoms. The van der Waals surface area contributed by atoms with Gasteiger partial charge in [0, 0.05) is 20.8 Å². The van der Waals surface area contributed by atoms with Crippen molar-refractivity contribution in [2.45, 2.75) is 0 Å². The fourth-order valence-corrected chi connectivity index (χ4v) is 2.17. The van der Waals surface area contributed by atoms with Crippen molar-refractivity contribution in [1.82, 2.24) is 9.99 Å². The molecule has 0 spiro atoms. The Morgan fingerprint density at radius 2 is 2.29 bits per heavy atom. The molecule has 0 unspecified atom stereocenters. The number of aromatic nitrogens is 1. The number of nitrogens with zero attached hydrogens (tertiary/aromatic N) is 4. The van der Waals surface area contributed by atoms with E-state index < -0.39 is 5.97 Å². The first kappa shape index (κ1) is 13.6. The van der Waals surface area contributed by atoms with Crippen molar-refractivity contribution in [3.8, 4) is 0 Å². The molecule has 0 bridgehead atoms. The molecule has 0 radical (unpaired) electrons. The molecule has 0 saturated heterocycles. The van der Waals surface area contributed by atoms with Crippen LogP contribution in [0.25, 0.3) is 0 Å². The lowest BCUT2D eigenvalue weighted by Gasteiger charge is -2.13. The molecule has 1 aromatic rings. The summed E-state index contributed by atoms with van der Waals surface area (Å²) in [5.41, 5.74) is 0.337. The number of carbonyl (C=O) groups is 1. The molecule has 0 fully saturated rings. The van der Waals surface area contributed by atoms with Crippen molar-refractivity contribution in [1.29, 1.82) is 0 Å². The Morgan fingerprint density at radius 1 is 1.65 bits per heavy atom. The summed E-state index contributed by atoms with van der Waals surface area (Å²) in [4.78, 5) is 19.9. The average molecular weight is 275 g/mol. The number of aliphatic imine (C=N–C) groups is 1. The highest BCUT2D eigenvalue weighted by Crippen LogP contribution is 2.24. The van der Waals surface area contributed by atoms with Crippen LogP contribution in [0.3, 0.4) is 0 Å². The Bertz CT molecular complexity index is 472. The molecule has 1 rings (SSSR count). The summed E-state index contributed by atoms with van der Waals surface area (Å²) in [5.74, 6) is -0.119. The summed E-state index contributed by atoms with van der Waals surface area (Å²) in [7, 11) is 4.49. The highest BCUT2D eigenvalue weighted by molar-refractivity contribution is 7.17. The Kier molecular flexibility index (Phi) is 4.59. The molecule has 1 heterocycles. The average Bonchev–Trinajstić information content (AvgIpc) is 2.70. The number of hydrogen-bond acceptors (Lipinski definition) is 6. The first-order valence-corrected chi connectivity index (χ1v) is 5.66. The van der Waals surface area contributed by atoms with Crippen LogP contribution in [-0.4, -0.2) is 49.7 Å². The fraction of sp³-hybridized carbons (Fsp3) is 0.333. The van der Waals surface area contributed by atoms with Gasteiger partial charge in [0.05, 0.1) is 7.11 Å². The minimum atomic E-state index is -0.511. The lowest BCUT2D eigenvalue weighted by atomic mass is 10.3. The molecule has 0 amide bonds. The third kappa shape index (κ3) is 2.80. The first-order chi connectivity index (χ1) is 8.04. The summed E-state index contributed by atoms with van der Waals surface area (Å²) in [6.07, 6.45) is 0. The second-order valence-corrected chi connectivity index (χ2v) is 4.43. The van der Waals surface area contributed by atoms with E-state index in [-0.39, 0.29) is 9.34 Å². The number of methoxy groups -OCH3 is 1. The Labute approximate surface area is 108 Å². The minimum absolute atomic E-state index is 0.235. The van der Waals surface area contributed by atoms with E-state index >= 15 is 0 Å². The number of rotatable bonds is 3. The Morgan fingerprint density at radius 3 is 2.76 bits per heavy atom. The predicted octanol–water partition coefficient (Wildman–Crippen LogP) is 1.51. The van der Waals surface area contributed by atoms with Crippen LogP contribution >= 0.6 is 22.9 Å². The minimum Gasteiger partial charge on any atom is -0.465 e. The second kappa shape index (κ2) is 5.74. The number of amidine groups is 1. The molecule has 92 valence electrons. The van der Waals surface area contributed by atoms with Gasteiger partial charge in [-0.2, -0.15) is 5.10 Å². The Hall–Kier alpha value is -1.47. The second-order valence-electron chi connectivity index (χ2n) is 2.85. The van der Waals surface area contributed by atoms with E-state index in [1.54, 1.807) is 14.1 Å². The van der Waals surface area contributed by atoms with Gasteiger partial charge in [0.1, 0.15) is 10.6 Å². The van der Waals surface area contributed by atoms with Gasteiger partial charge in [-0.05, 0) is 0 Å². The topological polar surface area (TPSA) is 67.2 Å². The zero-order valence-electron chi connectivity index (χ0n) is 9.60. The highest BCUT2D eigenvalue weighted by Gasteiger charge is 2.23. The van der Waals surface area contributed by atoms with Gasteiger partial charge in [-0.1, -0.05) is 22.9 Å². The number of ether oxygens (including phenoxy) is 1. The van der Waals surface area contributed by atoms with Crippen LogP contribution < -0.4 is 0 Å². The first-order valence-electron chi connectivity index (χ1n) is 4.47. The van der Waals surface area contributed by atoms with Gasteiger partial charge in [-0.25, -0.2) is 9.78 Å². The van der Waals surface area contributed by atoms with Crippen LogP contribution in [0.4, 0.5) is 0 Å². The van der Waals surface area contributed by atoms with E-state index in [2.05, 4.69) is 26.5 Å². The number of hydrazone groups is 1. The molecule has 0 N–H and O–H groups in total. The summed E-state index contributed by atoms with van der Waals surface area (Å²) in [6.45, 7) is 3.38. The molecule has 6 nitrogen and oxygen atoms in total. The molecule has 0 aliphatic rings. The van der Waals surface area contributed by atoms with E-state index in [0.717, 1.165) is 11.3 Å². The maximum atomic E-state index is 11.5. The quantitative estimate of drug-likeness (QED) is 0.363. The maximum absolute atomic E-state index is 11.5. The molecule has 0 atom stereocenters. The van der Waals surface area contributed by atoms with Gasteiger partial charge >= 0.3 is 5.97 Å². The van der Waals surface area contributed by atoms with Crippen molar-refractivity contribution in [3.63, 3.8) is 0 Å². The summed E-state index contributed by atoms with van der Waals surface area (Å²) in [6, 6.07) is 0. The van der Waals surface area contributed by atoms with Crippen LogP contribution in [0.15, 0.2) is 10.1 Å². The zero-order valence-corrected chi connectivity index (χ0v) is 11.2. The molecule has 0 aliphatic carbocycles. The molecular formula is C9H11ClN4O2S. The van der Waals surface area contributed by atoms with Gasteiger partial charge in [-0.15, -0.1) is 0 Å². The molecule has 8 heteroatoms. The maximum Gasteiger partial charge on any atom is 0.350 e. The molecule has 0 aliphatic heterocycles. The van der Waals surface area contributed by atoms with Gasteiger partial charge < -0.3 is 4.74 Å². The summed E-state index contributed by atoms with van der Waals surface area (Å²) < 4.78 is 4.89. The van der Waals surface area contributed by atoms with E-state index in [0.29, 0.717) is 11.5 Å². The molecular weight excluding hydrogens is 264 g/mol. The van der Waals surface area contributed by atoms with Gasteiger partial charge in [0.2, 0.25) is 0 Å². The monoisotopic (exact) mass is 274 g/mol. The predicted molar refractivity (Wildman–Crippen MR) is 68.2 cm³/mol. The van der Waals surface area contributed by atoms with Crippen LogP contribution in [0.5, 0.6) is 0 Å². The van der Waals surface area contributed by atoms with Crippen molar-refractivity contribution < 1.29 is 9.53 Å². The number of hydrogen-bond donors (Lipinski definition) is 0. The van der Waals surface area contributed by atoms with Crippen molar-refractivity contribution in [2.24, 2.45) is 10.1 Å². The van der Waals surface area contributed by atoms with Crippen LogP contribution in [0.2, 0.25) is 4.47 Å². The molecule has 0 aromatic carbocycles.